The molecule has 1 atom stereocenters. The SMILES string of the molecule is CNC(=O)[C@]1(C)CN(C(=O)c2cc(OC)cc(OC)c2)CCO1. The highest BCUT2D eigenvalue weighted by Gasteiger charge is 2.40. The molecule has 0 unspecified atom stereocenters. The van der Waals surface area contributed by atoms with Crippen LogP contribution in [-0.4, -0.2) is 63.3 Å². The minimum atomic E-state index is -1.05. The van der Waals surface area contributed by atoms with Crippen molar-refractivity contribution >= 4 is 11.8 Å². The molecule has 1 N–H and O–H groups in total. The predicted molar refractivity (Wildman–Crippen MR) is 83.9 cm³/mol. The molecule has 1 aromatic rings. The maximum absolute atomic E-state index is 12.8. The molecular formula is C16H22N2O5. The predicted octanol–water partition coefficient (Wildman–Crippen LogP) is 0.681. The number of carbonyl (C=O) groups is 2. The smallest absolute Gasteiger partial charge is 0.254 e. The maximum atomic E-state index is 12.8. The molecule has 7 heteroatoms. The summed E-state index contributed by atoms with van der Waals surface area (Å²) in [5, 5.41) is 2.57. The van der Waals surface area contributed by atoms with Crippen LogP contribution < -0.4 is 14.8 Å². The maximum Gasteiger partial charge on any atom is 0.254 e. The normalized spacial score (nSPS) is 20.8. The van der Waals surface area contributed by atoms with Crippen molar-refractivity contribution in [1.29, 1.82) is 0 Å². The second kappa shape index (κ2) is 6.87. The second-order valence-corrected chi connectivity index (χ2v) is 5.49. The Morgan fingerprint density at radius 2 is 1.83 bits per heavy atom. The Morgan fingerprint density at radius 3 is 2.35 bits per heavy atom. The van der Waals surface area contributed by atoms with Gasteiger partial charge >= 0.3 is 0 Å². The van der Waals surface area contributed by atoms with E-state index in [1.165, 1.54) is 14.2 Å². The van der Waals surface area contributed by atoms with Crippen molar-refractivity contribution in [3.8, 4) is 11.5 Å². The number of hydrogen-bond donors (Lipinski definition) is 1. The molecule has 0 radical (unpaired) electrons. The van der Waals surface area contributed by atoms with Crippen LogP contribution >= 0.6 is 0 Å². The van der Waals surface area contributed by atoms with E-state index in [0.717, 1.165) is 0 Å². The van der Waals surface area contributed by atoms with E-state index in [-0.39, 0.29) is 18.4 Å². The Hall–Kier alpha value is -2.28. The van der Waals surface area contributed by atoms with E-state index in [1.807, 2.05) is 0 Å². The molecule has 0 bridgehead atoms. The van der Waals surface area contributed by atoms with E-state index < -0.39 is 5.60 Å². The molecule has 1 saturated heterocycles. The van der Waals surface area contributed by atoms with Gasteiger partial charge in [-0.05, 0) is 19.1 Å². The Bertz CT molecular complexity index is 582. The van der Waals surface area contributed by atoms with Crippen molar-refractivity contribution in [2.24, 2.45) is 0 Å². The Balaban J connectivity index is 2.24. The summed E-state index contributed by atoms with van der Waals surface area (Å²) < 4.78 is 16.0. The van der Waals surface area contributed by atoms with Gasteiger partial charge in [0.15, 0.2) is 5.60 Å². The summed E-state index contributed by atoms with van der Waals surface area (Å²) in [7, 11) is 4.60. The molecule has 126 valence electrons. The van der Waals surface area contributed by atoms with Gasteiger partial charge in [-0.3, -0.25) is 9.59 Å². The fourth-order valence-electron chi connectivity index (χ4n) is 2.56. The summed E-state index contributed by atoms with van der Waals surface area (Å²) in [5.74, 6) is 0.629. The Kier molecular flexibility index (Phi) is 5.10. The average Bonchev–Trinajstić information content (AvgIpc) is 2.59. The minimum absolute atomic E-state index is 0.186. The minimum Gasteiger partial charge on any atom is -0.497 e. The van der Waals surface area contributed by atoms with Gasteiger partial charge < -0.3 is 24.4 Å². The highest BCUT2D eigenvalue weighted by atomic mass is 16.5. The van der Waals surface area contributed by atoms with Gasteiger partial charge in [0.05, 0.1) is 27.4 Å². The van der Waals surface area contributed by atoms with Gasteiger partial charge in [-0.2, -0.15) is 0 Å². The molecule has 0 aromatic heterocycles. The van der Waals surface area contributed by atoms with E-state index in [9.17, 15) is 9.59 Å². The zero-order valence-electron chi connectivity index (χ0n) is 13.8. The Labute approximate surface area is 135 Å². The molecule has 0 aliphatic carbocycles. The number of ether oxygens (including phenoxy) is 3. The molecule has 0 saturated carbocycles. The fourth-order valence-corrected chi connectivity index (χ4v) is 2.56. The van der Waals surface area contributed by atoms with Crippen LogP contribution in [0.1, 0.15) is 17.3 Å². The number of morpholine rings is 1. The number of rotatable bonds is 4. The molecular weight excluding hydrogens is 300 g/mol. The van der Waals surface area contributed by atoms with Gasteiger partial charge in [0, 0.05) is 25.2 Å². The number of likely N-dealkylation sites (N-methyl/N-ethyl adjacent to an activating group) is 1. The van der Waals surface area contributed by atoms with Crippen molar-refractivity contribution in [1.82, 2.24) is 10.2 Å². The van der Waals surface area contributed by atoms with Crippen LogP contribution in [0.25, 0.3) is 0 Å². The number of nitrogens with zero attached hydrogens (tertiary/aromatic N) is 1. The monoisotopic (exact) mass is 322 g/mol. The molecule has 1 aliphatic rings. The summed E-state index contributed by atoms with van der Waals surface area (Å²) in [6.45, 7) is 2.59. The third-order valence-electron chi connectivity index (χ3n) is 3.87. The van der Waals surface area contributed by atoms with E-state index in [2.05, 4.69) is 5.32 Å². The van der Waals surface area contributed by atoms with Gasteiger partial charge in [0.2, 0.25) is 0 Å². The zero-order valence-corrected chi connectivity index (χ0v) is 13.8. The first-order valence-electron chi connectivity index (χ1n) is 7.32. The fraction of sp³-hybridized carbons (Fsp3) is 0.500. The first kappa shape index (κ1) is 17.1. The summed E-state index contributed by atoms with van der Waals surface area (Å²) in [4.78, 5) is 26.3. The van der Waals surface area contributed by atoms with Crippen LogP contribution in [0, 0.1) is 0 Å². The second-order valence-electron chi connectivity index (χ2n) is 5.49. The third-order valence-corrected chi connectivity index (χ3v) is 3.87. The lowest BCUT2D eigenvalue weighted by Crippen LogP contribution is -2.58. The molecule has 2 amide bonds. The largest absolute Gasteiger partial charge is 0.497 e. The molecule has 2 rings (SSSR count). The van der Waals surface area contributed by atoms with E-state index >= 15 is 0 Å². The molecule has 1 fully saturated rings. The van der Waals surface area contributed by atoms with E-state index in [4.69, 9.17) is 14.2 Å². The number of amides is 2. The average molecular weight is 322 g/mol. The number of methoxy groups -OCH3 is 2. The lowest BCUT2D eigenvalue weighted by molar-refractivity contribution is -0.153. The molecule has 0 spiro atoms. The lowest BCUT2D eigenvalue weighted by Gasteiger charge is -2.39. The number of carbonyl (C=O) groups excluding carboxylic acids is 2. The summed E-state index contributed by atoms with van der Waals surface area (Å²) >= 11 is 0. The highest BCUT2D eigenvalue weighted by Crippen LogP contribution is 2.25. The standard InChI is InChI=1S/C16H22N2O5/c1-16(15(20)17-2)10-18(5-6-23-16)14(19)11-7-12(21-3)9-13(8-11)22-4/h7-9H,5-6,10H2,1-4H3,(H,17,20)/t16-/m0/s1. The molecule has 1 aliphatic heterocycles. The van der Waals surface area contributed by atoms with Crippen molar-refractivity contribution in [2.75, 3.05) is 41.0 Å². The van der Waals surface area contributed by atoms with Crippen molar-refractivity contribution in [3.63, 3.8) is 0 Å². The summed E-state index contributed by atoms with van der Waals surface area (Å²) in [6.07, 6.45) is 0. The van der Waals surface area contributed by atoms with Crippen molar-refractivity contribution in [2.45, 2.75) is 12.5 Å². The lowest BCUT2D eigenvalue weighted by atomic mass is 10.0. The molecule has 1 heterocycles. The number of hydrogen-bond acceptors (Lipinski definition) is 5. The van der Waals surface area contributed by atoms with Gasteiger partial charge in [-0.15, -0.1) is 0 Å². The van der Waals surface area contributed by atoms with Crippen molar-refractivity contribution < 1.29 is 23.8 Å². The zero-order chi connectivity index (χ0) is 17.0. The molecule has 7 nitrogen and oxygen atoms in total. The number of benzene rings is 1. The van der Waals surface area contributed by atoms with E-state index in [1.54, 1.807) is 37.1 Å². The van der Waals surface area contributed by atoms with Crippen molar-refractivity contribution in [3.05, 3.63) is 23.8 Å². The Morgan fingerprint density at radius 1 is 1.22 bits per heavy atom. The molecule has 1 aromatic carbocycles. The summed E-state index contributed by atoms with van der Waals surface area (Å²) in [5.41, 5.74) is -0.603. The van der Waals surface area contributed by atoms with E-state index in [0.29, 0.717) is 30.2 Å². The highest BCUT2D eigenvalue weighted by molar-refractivity contribution is 5.96. The van der Waals surface area contributed by atoms with Crippen LogP contribution in [-0.2, 0) is 9.53 Å². The van der Waals surface area contributed by atoms with Gasteiger partial charge in [0.25, 0.3) is 11.8 Å². The third kappa shape index (κ3) is 3.56. The van der Waals surface area contributed by atoms with Crippen LogP contribution in [0.4, 0.5) is 0 Å². The van der Waals surface area contributed by atoms with Crippen LogP contribution in [0.15, 0.2) is 18.2 Å². The summed E-state index contributed by atoms with van der Waals surface area (Å²) in [6, 6.07) is 5.00. The van der Waals surface area contributed by atoms with Gasteiger partial charge in [-0.25, -0.2) is 0 Å². The first-order chi connectivity index (χ1) is 10.9. The van der Waals surface area contributed by atoms with Crippen LogP contribution in [0.2, 0.25) is 0 Å². The number of nitrogens with one attached hydrogen (secondary N) is 1. The molecule has 23 heavy (non-hydrogen) atoms. The first-order valence-corrected chi connectivity index (χ1v) is 7.32. The van der Waals surface area contributed by atoms with Gasteiger partial charge in [-0.1, -0.05) is 0 Å². The quantitative estimate of drug-likeness (QED) is 0.882. The van der Waals surface area contributed by atoms with Crippen LogP contribution in [0.5, 0.6) is 11.5 Å². The van der Waals surface area contributed by atoms with Crippen LogP contribution in [0.3, 0.4) is 0 Å². The van der Waals surface area contributed by atoms with Gasteiger partial charge in [0.1, 0.15) is 11.5 Å². The topological polar surface area (TPSA) is 77.1 Å².